The lowest BCUT2D eigenvalue weighted by Crippen LogP contribution is -1.76. The standard InChI is InChI=1S/C6H8BrNO/c1-2-4-3-5(8)9-6(4)7/h3H,2,8H2,1H3. The maximum atomic E-state index is 5.36. The van der Waals surface area contributed by atoms with Crippen LogP contribution in [0.5, 0.6) is 0 Å². The lowest BCUT2D eigenvalue weighted by atomic mass is 10.3. The Kier molecular flexibility index (Phi) is 1.81. The Morgan fingerprint density at radius 2 is 2.44 bits per heavy atom. The minimum atomic E-state index is 0.471. The van der Waals surface area contributed by atoms with E-state index in [1.54, 1.807) is 0 Å². The van der Waals surface area contributed by atoms with Gasteiger partial charge in [-0.05, 0) is 22.4 Å². The number of aryl methyl sites for hydroxylation is 1. The van der Waals surface area contributed by atoms with Crippen molar-refractivity contribution in [1.82, 2.24) is 0 Å². The minimum absolute atomic E-state index is 0.471. The van der Waals surface area contributed by atoms with Crippen LogP contribution in [0, 0.1) is 0 Å². The second-order valence-electron chi connectivity index (χ2n) is 1.80. The predicted octanol–water partition coefficient (Wildman–Crippen LogP) is 2.19. The molecule has 0 amide bonds. The third-order valence-electron chi connectivity index (χ3n) is 1.16. The van der Waals surface area contributed by atoms with Gasteiger partial charge in [0.2, 0.25) is 0 Å². The van der Waals surface area contributed by atoms with Crippen LogP contribution in [0.2, 0.25) is 0 Å². The van der Waals surface area contributed by atoms with E-state index in [1.165, 1.54) is 0 Å². The van der Waals surface area contributed by atoms with Gasteiger partial charge >= 0.3 is 0 Å². The first-order chi connectivity index (χ1) is 4.24. The Morgan fingerprint density at radius 3 is 2.67 bits per heavy atom. The van der Waals surface area contributed by atoms with Crippen molar-refractivity contribution >= 4 is 21.8 Å². The summed E-state index contributed by atoms with van der Waals surface area (Å²) < 4.78 is 5.75. The van der Waals surface area contributed by atoms with Crippen LogP contribution >= 0.6 is 15.9 Å². The van der Waals surface area contributed by atoms with Crippen molar-refractivity contribution in [1.29, 1.82) is 0 Å². The number of nitrogen functional groups attached to an aromatic ring is 1. The third kappa shape index (κ3) is 1.27. The molecule has 9 heavy (non-hydrogen) atoms. The number of anilines is 1. The Labute approximate surface area is 62.2 Å². The number of hydrogen-bond donors (Lipinski definition) is 1. The van der Waals surface area contributed by atoms with Gasteiger partial charge in [-0.15, -0.1) is 0 Å². The van der Waals surface area contributed by atoms with Crippen LogP contribution in [0.4, 0.5) is 5.88 Å². The van der Waals surface area contributed by atoms with Gasteiger partial charge in [0.15, 0.2) is 10.6 Å². The monoisotopic (exact) mass is 189 g/mol. The second kappa shape index (κ2) is 2.43. The predicted molar refractivity (Wildman–Crippen MR) is 40.2 cm³/mol. The van der Waals surface area contributed by atoms with Gasteiger partial charge in [-0.25, -0.2) is 0 Å². The third-order valence-corrected chi connectivity index (χ3v) is 1.83. The molecule has 0 aliphatic heterocycles. The van der Waals surface area contributed by atoms with Gasteiger partial charge in [0.05, 0.1) is 0 Å². The molecule has 0 unspecified atom stereocenters. The van der Waals surface area contributed by atoms with Crippen molar-refractivity contribution < 1.29 is 4.42 Å². The first kappa shape index (κ1) is 6.68. The van der Waals surface area contributed by atoms with Crippen LogP contribution in [0.3, 0.4) is 0 Å². The molecule has 2 N–H and O–H groups in total. The van der Waals surface area contributed by atoms with Gasteiger partial charge in [0.1, 0.15) is 0 Å². The summed E-state index contributed by atoms with van der Waals surface area (Å²) in [7, 11) is 0. The van der Waals surface area contributed by atoms with Gasteiger partial charge in [-0.1, -0.05) is 6.92 Å². The van der Waals surface area contributed by atoms with Crippen LogP contribution in [0.15, 0.2) is 15.2 Å². The molecule has 0 atom stereocenters. The number of nitrogens with two attached hydrogens (primary N) is 1. The van der Waals surface area contributed by atoms with Crippen molar-refractivity contribution in [3.63, 3.8) is 0 Å². The molecule has 1 aromatic rings. The van der Waals surface area contributed by atoms with Crippen LogP contribution in [0.25, 0.3) is 0 Å². The lowest BCUT2D eigenvalue weighted by molar-refractivity contribution is 0.556. The van der Waals surface area contributed by atoms with Crippen molar-refractivity contribution in [2.24, 2.45) is 0 Å². The molecule has 0 bridgehead atoms. The maximum absolute atomic E-state index is 5.36. The lowest BCUT2D eigenvalue weighted by Gasteiger charge is -1.83. The topological polar surface area (TPSA) is 39.2 Å². The maximum Gasteiger partial charge on any atom is 0.192 e. The van der Waals surface area contributed by atoms with E-state index in [0.717, 1.165) is 16.7 Å². The van der Waals surface area contributed by atoms with Crippen LogP contribution in [-0.2, 0) is 6.42 Å². The van der Waals surface area contributed by atoms with Gasteiger partial charge < -0.3 is 10.2 Å². The fourth-order valence-electron chi connectivity index (χ4n) is 0.668. The summed E-state index contributed by atoms with van der Waals surface area (Å²) in [5, 5.41) is 0. The normalized spacial score (nSPS) is 10.0. The highest BCUT2D eigenvalue weighted by Crippen LogP contribution is 2.22. The first-order valence-electron chi connectivity index (χ1n) is 2.77. The number of halogens is 1. The highest BCUT2D eigenvalue weighted by atomic mass is 79.9. The number of rotatable bonds is 1. The molecule has 1 rings (SSSR count). The highest BCUT2D eigenvalue weighted by Gasteiger charge is 2.02. The van der Waals surface area contributed by atoms with E-state index in [9.17, 15) is 0 Å². The van der Waals surface area contributed by atoms with E-state index < -0.39 is 0 Å². The van der Waals surface area contributed by atoms with Crippen molar-refractivity contribution in [2.45, 2.75) is 13.3 Å². The Bertz CT molecular complexity index is 207. The summed E-state index contributed by atoms with van der Waals surface area (Å²) >= 11 is 3.23. The summed E-state index contributed by atoms with van der Waals surface area (Å²) in [5.74, 6) is 0.471. The molecule has 1 heterocycles. The molecule has 0 aromatic carbocycles. The molecule has 0 saturated heterocycles. The van der Waals surface area contributed by atoms with Gasteiger partial charge in [-0.3, -0.25) is 0 Å². The van der Waals surface area contributed by atoms with Gasteiger partial charge in [-0.2, -0.15) is 0 Å². The summed E-state index contributed by atoms with van der Waals surface area (Å²) in [5.41, 5.74) is 6.48. The molecule has 3 heteroatoms. The fraction of sp³-hybridized carbons (Fsp3) is 0.333. The molecule has 0 saturated carbocycles. The fourth-order valence-corrected chi connectivity index (χ4v) is 1.25. The zero-order valence-electron chi connectivity index (χ0n) is 5.15. The van der Waals surface area contributed by atoms with Crippen LogP contribution in [0.1, 0.15) is 12.5 Å². The van der Waals surface area contributed by atoms with E-state index in [4.69, 9.17) is 10.2 Å². The Balaban J connectivity index is 3.01. The van der Waals surface area contributed by atoms with E-state index in [-0.39, 0.29) is 0 Å². The molecular formula is C6H8BrNO. The first-order valence-corrected chi connectivity index (χ1v) is 3.57. The molecule has 0 radical (unpaired) electrons. The Morgan fingerprint density at radius 1 is 1.78 bits per heavy atom. The SMILES string of the molecule is CCc1cc(N)oc1Br. The summed E-state index contributed by atoms with van der Waals surface area (Å²) in [6, 6.07) is 1.82. The highest BCUT2D eigenvalue weighted by molar-refractivity contribution is 9.10. The molecule has 1 aromatic heterocycles. The molecule has 0 aliphatic rings. The van der Waals surface area contributed by atoms with Gasteiger partial charge in [0, 0.05) is 11.6 Å². The average Bonchev–Trinajstić information content (AvgIpc) is 2.10. The molecule has 50 valence electrons. The molecule has 2 nitrogen and oxygen atoms in total. The minimum Gasteiger partial charge on any atom is -0.434 e. The Hall–Kier alpha value is -0.440. The quantitative estimate of drug-likeness (QED) is 0.736. The van der Waals surface area contributed by atoms with Crippen molar-refractivity contribution in [3.05, 3.63) is 16.3 Å². The molecular weight excluding hydrogens is 182 g/mol. The van der Waals surface area contributed by atoms with Crippen molar-refractivity contribution in [2.75, 3.05) is 5.73 Å². The molecule has 0 fully saturated rings. The van der Waals surface area contributed by atoms with Crippen LogP contribution < -0.4 is 5.73 Å². The number of furan rings is 1. The average molecular weight is 190 g/mol. The van der Waals surface area contributed by atoms with E-state index in [0.29, 0.717) is 5.88 Å². The van der Waals surface area contributed by atoms with E-state index in [2.05, 4.69) is 22.9 Å². The largest absolute Gasteiger partial charge is 0.434 e. The molecule has 0 spiro atoms. The summed E-state index contributed by atoms with van der Waals surface area (Å²) in [6.45, 7) is 2.05. The molecule has 0 aliphatic carbocycles. The van der Waals surface area contributed by atoms with E-state index in [1.807, 2.05) is 6.07 Å². The van der Waals surface area contributed by atoms with Gasteiger partial charge in [0.25, 0.3) is 0 Å². The van der Waals surface area contributed by atoms with Crippen LogP contribution in [-0.4, -0.2) is 0 Å². The zero-order valence-corrected chi connectivity index (χ0v) is 6.73. The zero-order chi connectivity index (χ0) is 6.85. The number of hydrogen-bond acceptors (Lipinski definition) is 2. The smallest absolute Gasteiger partial charge is 0.192 e. The van der Waals surface area contributed by atoms with E-state index >= 15 is 0 Å². The second-order valence-corrected chi connectivity index (χ2v) is 2.52. The summed E-state index contributed by atoms with van der Waals surface area (Å²) in [6.07, 6.45) is 0.946. The summed E-state index contributed by atoms with van der Waals surface area (Å²) in [4.78, 5) is 0. The van der Waals surface area contributed by atoms with Crippen molar-refractivity contribution in [3.8, 4) is 0 Å².